The van der Waals surface area contributed by atoms with E-state index in [2.05, 4.69) is 10.5 Å². The molecule has 1 aromatic carbocycles. The lowest BCUT2D eigenvalue weighted by atomic mass is 10.2. The molecule has 0 aliphatic heterocycles. The predicted molar refractivity (Wildman–Crippen MR) is 71.3 cm³/mol. The molecule has 0 aliphatic carbocycles. The number of aryl methyl sites for hydroxylation is 2. The van der Waals surface area contributed by atoms with E-state index in [4.69, 9.17) is 9.26 Å². The fourth-order valence-corrected chi connectivity index (χ4v) is 1.78. The van der Waals surface area contributed by atoms with Crippen LogP contribution in [0.15, 0.2) is 28.8 Å². The highest BCUT2D eigenvalue weighted by atomic mass is 16.5. The molecule has 0 unspecified atom stereocenters. The number of nitrogens with one attached hydrogen (secondary N) is 1. The van der Waals surface area contributed by atoms with Crippen molar-refractivity contribution < 1.29 is 14.1 Å². The van der Waals surface area contributed by atoms with E-state index in [1.807, 2.05) is 25.1 Å². The summed E-state index contributed by atoms with van der Waals surface area (Å²) in [6.07, 6.45) is 0.175. The van der Waals surface area contributed by atoms with Crippen LogP contribution >= 0.6 is 0 Å². The van der Waals surface area contributed by atoms with Gasteiger partial charge in [-0.1, -0.05) is 11.2 Å². The van der Waals surface area contributed by atoms with Gasteiger partial charge in [0.05, 0.1) is 24.9 Å². The van der Waals surface area contributed by atoms with Gasteiger partial charge in [-0.3, -0.25) is 4.79 Å². The highest BCUT2D eigenvalue weighted by Crippen LogP contribution is 2.25. The predicted octanol–water partition coefficient (Wildman–Crippen LogP) is 2.48. The van der Waals surface area contributed by atoms with Gasteiger partial charge in [-0.15, -0.1) is 0 Å². The number of amides is 1. The lowest BCUT2D eigenvalue weighted by Crippen LogP contribution is -2.15. The second kappa shape index (κ2) is 5.56. The third kappa shape index (κ3) is 3.34. The Morgan fingerprint density at radius 3 is 2.79 bits per heavy atom. The van der Waals surface area contributed by atoms with Crippen LogP contribution in [0.4, 0.5) is 5.69 Å². The van der Waals surface area contributed by atoms with Crippen molar-refractivity contribution in [2.45, 2.75) is 20.3 Å². The van der Waals surface area contributed by atoms with E-state index in [-0.39, 0.29) is 12.3 Å². The third-order valence-corrected chi connectivity index (χ3v) is 2.65. The van der Waals surface area contributed by atoms with Gasteiger partial charge >= 0.3 is 0 Å². The normalized spacial score (nSPS) is 10.3. The molecule has 19 heavy (non-hydrogen) atoms. The minimum Gasteiger partial charge on any atom is -0.495 e. The van der Waals surface area contributed by atoms with Crippen molar-refractivity contribution in [1.82, 2.24) is 5.16 Å². The average molecular weight is 260 g/mol. The Hall–Kier alpha value is -2.30. The minimum absolute atomic E-state index is 0.155. The molecule has 1 aromatic heterocycles. The van der Waals surface area contributed by atoms with Crippen LogP contribution in [0.25, 0.3) is 0 Å². The number of anilines is 1. The highest BCUT2D eigenvalue weighted by Gasteiger charge is 2.10. The van der Waals surface area contributed by atoms with Crippen LogP contribution < -0.4 is 10.1 Å². The Morgan fingerprint density at radius 1 is 1.37 bits per heavy atom. The van der Waals surface area contributed by atoms with Gasteiger partial charge < -0.3 is 14.6 Å². The molecule has 0 spiro atoms. The molecule has 0 fully saturated rings. The summed E-state index contributed by atoms with van der Waals surface area (Å²) >= 11 is 0. The van der Waals surface area contributed by atoms with E-state index < -0.39 is 0 Å². The van der Waals surface area contributed by atoms with Crippen molar-refractivity contribution in [2.24, 2.45) is 0 Å². The van der Waals surface area contributed by atoms with Gasteiger partial charge in [-0.25, -0.2) is 0 Å². The topological polar surface area (TPSA) is 64.4 Å². The van der Waals surface area contributed by atoms with E-state index in [9.17, 15) is 4.79 Å². The molecule has 5 nitrogen and oxygen atoms in total. The maximum atomic E-state index is 11.9. The number of hydrogen-bond donors (Lipinski definition) is 1. The first-order valence-electron chi connectivity index (χ1n) is 5.95. The third-order valence-electron chi connectivity index (χ3n) is 2.65. The molecule has 0 bridgehead atoms. The van der Waals surface area contributed by atoms with Crippen molar-refractivity contribution in [3.8, 4) is 5.75 Å². The number of benzene rings is 1. The molecule has 2 rings (SSSR count). The van der Waals surface area contributed by atoms with Gasteiger partial charge in [0.1, 0.15) is 11.5 Å². The maximum absolute atomic E-state index is 11.9. The first-order chi connectivity index (χ1) is 9.08. The maximum Gasteiger partial charge on any atom is 0.230 e. The monoisotopic (exact) mass is 260 g/mol. The van der Waals surface area contributed by atoms with Crippen LogP contribution in [-0.4, -0.2) is 18.2 Å². The minimum atomic E-state index is -0.155. The van der Waals surface area contributed by atoms with Crippen LogP contribution in [0.1, 0.15) is 17.0 Å². The number of rotatable bonds is 4. The van der Waals surface area contributed by atoms with Crippen molar-refractivity contribution in [3.63, 3.8) is 0 Å². The van der Waals surface area contributed by atoms with E-state index in [1.54, 1.807) is 20.1 Å². The van der Waals surface area contributed by atoms with Crippen molar-refractivity contribution >= 4 is 11.6 Å². The molecule has 0 saturated carbocycles. The molecule has 0 atom stereocenters. The Balaban J connectivity index is 2.08. The fraction of sp³-hybridized carbons (Fsp3) is 0.286. The Morgan fingerprint density at radius 2 is 2.16 bits per heavy atom. The molecule has 1 N–H and O–H groups in total. The van der Waals surface area contributed by atoms with Gasteiger partial charge in [0.2, 0.25) is 5.91 Å². The van der Waals surface area contributed by atoms with E-state index >= 15 is 0 Å². The highest BCUT2D eigenvalue weighted by molar-refractivity contribution is 5.93. The molecule has 2 aromatic rings. The van der Waals surface area contributed by atoms with Gasteiger partial charge in [-0.2, -0.15) is 0 Å². The lowest BCUT2D eigenvalue weighted by molar-refractivity contribution is -0.115. The lowest BCUT2D eigenvalue weighted by Gasteiger charge is -2.10. The van der Waals surface area contributed by atoms with E-state index in [0.717, 1.165) is 5.56 Å². The average Bonchev–Trinajstić information content (AvgIpc) is 2.75. The van der Waals surface area contributed by atoms with Gasteiger partial charge in [-0.05, 0) is 31.5 Å². The number of methoxy groups -OCH3 is 1. The standard InChI is InChI=1S/C14H16N2O3/c1-9-4-5-13(18-3)12(6-9)15-14(17)8-11-7-10(2)19-16-11/h4-7H,8H2,1-3H3,(H,15,17). The van der Waals surface area contributed by atoms with Crippen LogP contribution in [-0.2, 0) is 11.2 Å². The summed E-state index contributed by atoms with van der Waals surface area (Å²) < 4.78 is 10.1. The first-order valence-corrected chi connectivity index (χ1v) is 5.95. The van der Waals surface area contributed by atoms with Crippen molar-refractivity contribution in [3.05, 3.63) is 41.3 Å². The first kappa shape index (κ1) is 13.1. The smallest absolute Gasteiger partial charge is 0.230 e. The van der Waals surface area contributed by atoms with Crippen LogP contribution in [0.2, 0.25) is 0 Å². The second-order valence-corrected chi connectivity index (χ2v) is 4.36. The van der Waals surface area contributed by atoms with E-state index in [1.165, 1.54) is 0 Å². The number of carbonyl (C=O) groups excluding carboxylic acids is 1. The van der Waals surface area contributed by atoms with Crippen LogP contribution in [0.3, 0.4) is 0 Å². The summed E-state index contributed by atoms with van der Waals surface area (Å²) in [4.78, 5) is 11.9. The summed E-state index contributed by atoms with van der Waals surface area (Å²) in [5, 5.41) is 6.60. The molecule has 5 heteroatoms. The van der Waals surface area contributed by atoms with Gasteiger partial charge in [0, 0.05) is 6.07 Å². The number of ether oxygens (including phenoxy) is 1. The van der Waals surface area contributed by atoms with E-state index in [0.29, 0.717) is 22.9 Å². The molecule has 1 amide bonds. The zero-order valence-electron chi connectivity index (χ0n) is 11.2. The zero-order valence-corrected chi connectivity index (χ0v) is 11.2. The number of aromatic nitrogens is 1. The summed E-state index contributed by atoms with van der Waals surface area (Å²) in [5.41, 5.74) is 2.32. The van der Waals surface area contributed by atoms with Crippen LogP contribution in [0, 0.1) is 13.8 Å². The summed E-state index contributed by atoms with van der Waals surface area (Å²) in [6, 6.07) is 7.36. The fourth-order valence-electron chi connectivity index (χ4n) is 1.78. The summed E-state index contributed by atoms with van der Waals surface area (Å²) in [6.45, 7) is 3.74. The molecule has 0 aliphatic rings. The van der Waals surface area contributed by atoms with Crippen molar-refractivity contribution in [2.75, 3.05) is 12.4 Å². The molecule has 1 heterocycles. The molecule has 0 radical (unpaired) electrons. The van der Waals surface area contributed by atoms with Crippen LogP contribution in [0.5, 0.6) is 5.75 Å². The Bertz CT molecular complexity index is 590. The Kier molecular flexibility index (Phi) is 3.85. The quantitative estimate of drug-likeness (QED) is 0.917. The second-order valence-electron chi connectivity index (χ2n) is 4.36. The number of carbonyl (C=O) groups is 1. The Labute approximate surface area is 111 Å². The molecule has 0 saturated heterocycles. The molecular formula is C14H16N2O3. The molecule has 100 valence electrons. The number of nitrogens with zero attached hydrogens (tertiary/aromatic N) is 1. The van der Waals surface area contributed by atoms with Crippen molar-refractivity contribution in [1.29, 1.82) is 0 Å². The summed E-state index contributed by atoms with van der Waals surface area (Å²) in [5.74, 6) is 1.17. The molecular weight excluding hydrogens is 244 g/mol. The SMILES string of the molecule is COc1ccc(C)cc1NC(=O)Cc1cc(C)on1. The largest absolute Gasteiger partial charge is 0.495 e. The summed E-state index contributed by atoms with van der Waals surface area (Å²) in [7, 11) is 1.57. The zero-order chi connectivity index (χ0) is 13.8. The number of hydrogen-bond acceptors (Lipinski definition) is 4. The van der Waals surface area contributed by atoms with Gasteiger partial charge in [0.15, 0.2) is 0 Å². The van der Waals surface area contributed by atoms with Gasteiger partial charge in [0.25, 0.3) is 0 Å².